The predicted molar refractivity (Wildman–Crippen MR) is 63.0 cm³/mol. The van der Waals surface area contributed by atoms with Crippen LogP contribution in [0.5, 0.6) is 5.75 Å². The molecule has 2 N–H and O–H groups in total. The summed E-state index contributed by atoms with van der Waals surface area (Å²) < 4.78 is 5.29. The molecule has 0 unspecified atom stereocenters. The van der Waals surface area contributed by atoms with Crippen LogP contribution < -0.4 is 10.5 Å². The lowest BCUT2D eigenvalue weighted by molar-refractivity contribution is 0.302. The van der Waals surface area contributed by atoms with Crippen LogP contribution in [0.25, 0.3) is 0 Å². The second-order valence-corrected chi connectivity index (χ2v) is 3.99. The van der Waals surface area contributed by atoms with Gasteiger partial charge in [0.25, 0.3) is 0 Å². The smallest absolute Gasteiger partial charge is 0.123 e. The fourth-order valence-corrected chi connectivity index (χ4v) is 1.68. The molecule has 0 saturated carbocycles. The van der Waals surface area contributed by atoms with Gasteiger partial charge in [-0.2, -0.15) is 0 Å². The molecule has 0 aromatic heterocycles. The highest BCUT2D eigenvalue weighted by atomic mass is 16.5. The van der Waals surface area contributed by atoms with Gasteiger partial charge in [-0.25, -0.2) is 0 Å². The van der Waals surface area contributed by atoms with Crippen molar-refractivity contribution in [3.05, 3.63) is 29.8 Å². The molecule has 1 atom stereocenters. The summed E-state index contributed by atoms with van der Waals surface area (Å²) >= 11 is 0. The third-order valence-corrected chi connectivity index (χ3v) is 2.23. The van der Waals surface area contributed by atoms with E-state index in [4.69, 9.17) is 10.5 Å². The maximum Gasteiger partial charge on any atom is 0.123 e. The van der Waals surface area contributed by atoms with Crippen molar-refractivity contribution >= 4 is 0 Å². The largest absolute Gasteiger partial charge is 0.496 e. The van der Waals surface area contributed by atoms with E-state index in [1.165, 1.54) is 5.56 Å². The van der Waals surface area contributed by atoms with Crippen LogP contribution in [0.4, 0.5) is 0 Å². The van der Waals surface area contributed by atoms with Crippen molar-refractivity contribution in [2.45, 2.75) is 19.5 Å². The Bertz CT molecular complexity index is 299. The predicted octanol–water partition coefficient (Wildman–Crippen LogP) is 1.47. The lowest BCUT2D eigenvalue weighted by atomic mass is 10.2. The van der Waals surface area contributed by atoms with Crippen molar-refractivity contribution in [1.29, 1.82) is 0 Å². The summed E-state index contributed by atoms with van der Waals surface area (Å²) in [5, 5.41) is 0. The van der Waals surface area contributed by atoms with Gasteiger partial charge in [-0.1, -0.05) is 18.2 Å². The minimum Gasteiger partial charge on any atom is -0.496 e. The fourth-order valence-electron chi connectivity index (χ4n) is 1.68. The highest BCUT2D eigenvalue weighted by Crippen LogP contribution is 2.18. The molecule has 1 aromatic rings. The van der Waals surface area contributed by atoms with E-state index in [1.807, 2.05) is 25.1 Å². The normalized spacial score (nSPS) is 12.9. The third-order valence-electron chi connectivity index (χ3n) is 2.23. The molecule has 0 amide bonds. The Morgan fingerprint density at radius 1 is 1.40 bits per heavy atom. The number of methoxy groups -OCH3 is 1. The molecular weight excluding hydrogens is 188 g/mol. The second-order valence-electron chi connectivity index (χ2n) is 3.99. The Kier molecular flexibility index (Phi) is 4.59. The van der Waals surface area contributed by atoms with Crippen molar-refractivity contribution in [1.82, 2.24) is 4.90 Å². The molecule has 3 heteroatoms. The van der Waals surface area contributed by atoms with Crippen LogP contribution in [0.3, 0.4) is 0 Å². The number of nitrogens with zero attached hydrogens (tertiary/aromatic N) is 1. The Labute approximate surface area is 91.8 Å². The van der Waals surface area contributed by atoms with E-state index in [1.54, 1.807) is 7.11 Å². The zero-order valence-corrected chi connectivity index (χ0v) is 9.73. The van der Waals surface area contributed by atoms with Crippen LogP contribution in [0.1, 0.15) is 12.5 Å². The summed E-state index contributed by atoms with van der Waals surface area (Å²) in [5.41, 5.74) is 6.94. The van der Waals surface area contributed by atoms with Crippen molar-refractivity contribution in [3.63, 3.8) is 0 Å². The Morgan fingerprint density at radius 3 is 2.67 bits per heavy atom. The van der Waals surface area contributed by atoms with Crippen molar-refractivity contribution < 1.29 is 4.74 Å². The number of nitrogens with two attached hydrogens (primary N) is 1. The van der Waals surface area contributed by atoms with E-state index in [0.29, 0.717) is 0 Å². The molecule has 15 heavy (non-hydrogen) atoms. The Hall–Kier alpha value is -1.06. The first-order valence-electron chi connectivity index (χ1n) is 5.19. The highest BCUT2D eigenvalue weighted by Gasteiger charge is 2.06. The second kappa shape index (κ2) is 5.73. The van der Waals surface area contributed by atoms with E-state index in [-0.39, 0.29) is 6.04 Å². The number of para-hydroxylation sites is 1. The number of hydrogen-bond donors (Lipinski definition) is 1. The topological polar surface area (TPSA) is 38.5 Å². The fraction of sp³-hybridized carbons (Fsp3) is 0.500. The maximum atomic E-state index is 5.74. The first-order chi connectivity index (χ1) is 7.13. The number of ether oxygens (including phenoxy) is 1. The van der Waals surface area contributed by atoms with Crippen LogP contribution in [0.15, 0.2) is 24.3 Å². The van der Waals surface area contributed by atoms with Crippen molar-refractivity contribution in [2.75, 3.05) is 20.7 Å². The zero-order chi connectivity index (χ0) is 11.3. The van der Waals surface area contributed by atoms with E-state index >= 15 is 0 Å². The van der Waals surface area contributed by atoms with Gasteiger partial charge in [0, 0.05) is 24.7 Å². The molecule has 0 radical (unpaired) electrons. The van der Waals surface area contributed by atoms with Gasteiger partial charge < -0.3 is 15.4 Å². The Morgan fingerprint density at radius 2 is 2.07 bits per heavy atom. The van der Waals surface area contributed by atoms with Gasteiger partial charge in [-0.15, -0.1) is 0 Å². The number of benzene rings is 1. The number of likely N-dealkylation sites (N-methyl/N-ethyl adjacent to an activating group) is 1. The van der Waals surface area contributed by atoms with E-state index < -0.39 is 0 Å². The lowest BCUT2D eigenvalue weighted by Crippen LogP contribution is -2.32. The zero-order valence-electron chi connectivity index (χ0n) is 9.73. The molecule has 1 rings (SSSR count). The SMILES string of the molecule is COc1ccccc1CN(C)C[C@@H](C)N. The molecular formula is C12H20N2O. The molecule has 1 aromatic carbocycles. The summed E-state index contributed by atoms with van der Waals surface area (Å²) in [7, 11) is 3.76. The quantitative estimate of drug-likeness (QED) is 0.796. The number of rotatable bonds is 5. The van der Waals surface area contributed by atoms with Crippen LogP contribution >= 0.6 is 0 Å². The van der Waals surface area contributed by atoms with E-state index in [0.717, 1.165) is 18.8 Å². The standard InChI is InChI=1S/C12H20N2O/c1-10(13)8-14(2)9-11-6-4-5-7-12(11)15-3/h4-7,10H,8-9,13H2,1-3H3/t10-/m1/s1. The highest BCUT2D eigenvalue weighted by molar-refractivity contribution is 5.32. The van der Waals surface area contributed by atoms with Gasteiger partial charge in [0.05, 0.1) is 7.11 Å². The molecule has 0 aliphatic heterocycles. The summed E-state index contributed by atoms with van der Waals surface area (Å²) in [4.78, 5) is 2.20. The average molecular weight is 208 g/mol. The molecule has 0 aliphatic rings. The van der Waals surface area contributed by atoms with Crippen molar-refractivity contribution in [3.8, 4) is 5.75 Å². The molecule has 0 heterocycles. The monoisotopic (exact) mass is 208 g/mol. The van der Waals surface area contributed by atoms with Crippen LogP contribution in [-0.4, -0.2) is 31.6 Å². The molecule has 0 fully saturated rings. The molecule has 3 nitrogen and oxygen atoms in total. The van der Waals surface area contributed by atoms with Crippen LogP contribution in [0, 0.1) is 0 Å². The molecule has 0 aliphatic carbocycles. The van der Waals surface area contributed by atoms with Crippen molar-refractivity contribution in [2.24, 2.45) is 5.73 Å². The molecule has 0 spiro atoms. The minimum absolute atomic E-state index is 0.199. The summed E-state index contributed by atoms with van der Waals surface area (Å²) in [6.45, 7) is 3.77. The first-order valence-corrected chi connectivity index (χ1v) is 5.19. The van der Waals surface area contributed by atoms with Gasteiger partial charge in [0.1, 0.15) is 5.75 Å². The average Bonchev–Trinajstić information content (AvgIpc) is 2.17. The van der Waals surface area contributed by atoms with Crippen LogP contribution in [-0.2, 0) is 6.54 Å². The Balaban J connectivity index is 2.63. The minimum atomic E-state index is 0.199. The van der Waals surface area contributed by atoms with Crippen LogP contribution in [0.2, 0.25) is 0 Å². The lowest BCUT2D eigenvalue weighted by Gasteiger charge is -2.20. The number of hydrogen-bond acceptors (Lipinski definition) is 3. The molecule has 84 valence electrons. The maximum absolute atomic E-state index is 5.74. The van der Waals surface area contributed by atoms with E-state index in [2.05, 4.69) is 18.0 Å². The van der Waals surface area contributed by atoms with Gasteiger partial charge >= 0.3 is 0 Å². The van der Waals surface area contributed by atoms with Gasteiger partial charge in [-0.05, 0) is 20.0 Å². The third kappa shape index (κ3) is 3.90. The first kappa shape index (κ1) is 12.0. The van der Waals surface area contributed by atoms with Gasteiger partial charge in [-0.3, -0.25) is 0 Å². The summed E-state index contributed by atoms with van der Waals surface area (Å²) in [6.07, 6.45) is 0. The molecule has 0 bridgehead atoms. The molecule has 0 saturated heterocycles. The van der Waals surface area contributed by atoms with Gasteiger partial charge in [0.15, 0.2) is 0 Å². The van der Waals surface area contributed by atoms with E-state index in [9.17, 15) is 0 Å². The summed E-state index contributed by atoms with van der Waals surface area (Å²) in [6, 6.07) is 8.27. The van der Waals surface area contributed by atoms with Gasteiger partial charge in [0.2, 0.25) is 0 Å². The summed E-state index contributed by atoms with van der Waals surface area (Å²) in [5.74, 6) is 0.939.